The van der Waals surface area contributed by atoms with Gasteiger partial charge in [0.15, 0.2) is 0 Å². The Bertz CT molecular complexity index is 367. The second-order valence-corrected chi connectivity index (χ2v) is 6.85. The molecular weight excluding hydrogens is 283 g/mol. The SMILES string of the molecule is OC(c1cccc(Cl)c1Cl)C1CSCCS1. The Balaban J connectivity index is 2.19. The first-order valence-corrected chi connectivity index (χ1v) is 7.97. The van der Waals surface area contributed by atoms with Gasteiger partial charge in [0.25, 0.3) is 0 Å². The van der Waals surface area contributed by atoms with Crippen molar-refractivity contribution in [2.75, 3.05) is 17.3 Å². The maximum Gasteiger partial charge on any atom is 0.0931 e. The molecule has 5 heteroatoms. The number of benzene rings is 1. The van der Waals surface area contributed by atoms with E-state index in [1.54, 1.807) is 6.07 Å². The summed E-state index contributed by atoms with van der Waals surface area (Å²) in [5.41, 5.74) is 0.745. The summed E-state index contributed by atoms with van der Waals surface area (Å²) in [6.45, 7) is 0. The third kappa shape index (κ3) is 2.82. The van der Waals surface area contributed by atoms with E-state index < -0.39 is 6.10 Å². The van der Waals surface area contributed by atoms with Crippen molar-refractivity contribution in [3.05, 3.63) is 33.8 Å². The van der Waals surface area contributed by atoms with Gasteiger partial charge in [-0.3, -0.25) is 0 Å². The molecule has 1 saturated heterocycles. The standard InChI is InChI=1S/C11H12Cl2OS2/c12-8-3-1-2-7(10(8)13)11(14)9-6-15-4-5-16-9/h1-3,9,11,14H,4-6H2. The first-order valence-electron chi connectivity index (χ1n) is 5.01. The molecule has 1 aliphatic rings. The van der Waals surface area contributed by atoms with Crippen molar-refractivity contribution in [2.24, 2.45) is 0 Å². The Morgan fingerprint density at radius 3 is 2.81 bits per heavy atom. The smallest absolute Gasteiger partial charge is 0.0931 e. The highest BCUT2D eigenvalue weighted by Crippen LogP contribution is 2.37. The highest BCUT2D eigenvalue weighted by atomic mass is 35.5. The second-order valence-electron chi connectivity index (χ2n) is 3.57. The minimum atomic E-state index is -0.524. The molecule has 1 heterocycles. The van der Waals surface area contributed by atoms with E-state index in [9.17, 15) is 5.11 Å². The molecule has 0 spiro atoms. The van der Waals surface area contributed by atoms with Gasteiger partial charge in [0, 0.05) is 28.1 Å². The minimum Gasteiger partial charge on any atom is -0.387 e. The van der Waals surface area contributed by atoms with E-state index in [0.29, 0.717) is 10.0 Å². The summed E-state index contributed by atoms with van der Waals surface area (Å²) in [5, 5.41) is 11.5. The van der Waals surface area contributed by atoms with E-state index in [2.05, 4.69) is 0 Å². The third-order valence-electron chi connectivity index (χ3n) is 2.49. The van der Waals surface area contributed by atoms with Crippen LogP contribution in [0.5, 0.6) is 0 Å². The van der Waals surface area contributed by atoms with Crippen LogP contribution < -0.4 is 0 Å². The van der Waals surface area contributed by atoms with Gasteiger partial charge in [-0.25, -0.2) is 0 Å². The van der Waals surface area contributed by atoms with E-state index in [1.165, 1.54) is 0 Å². The van der Waals surface area contributed by atoms with Crippen molar-refractivity contribution < 1.29 is 5.11 Å². The quantitative estimate of drug-likeness (QED) is 0.894. The van der Waals surface area contributed by atoms with E-state index in [-0.39, 0.29) is 5.25 Å². The van der Waals surface area contributed by atoms with Gasteiger partial charge in [-0.05, 0) is 6.07 Å². The maximum atomic E-state index is 10.3. The van der Waals surface area contributed by atoms with Crippen molar-refractivity contribution in [1.29, 1.82) is 0 Å². The van der Waals surface area contributed by atoms with Crippen LogP contribution in [0.2, 0.25) is 10.0 Å². The zero-order chi connectivity index (χ0) is 11.5. The normalized spacial score (nSPS) is 23.1. The molecule has 0 amide bonds. The lowest BCUT2D eigenvalue weighted by Gasteiger charge is -2.26. The van der Waals surface area contributed by atoms with E-state index in [1.807, 2.05) is 35.7 Å². The van der Waals surface area contributed by atoms with Crippen LogP contribution in [0.3, 0.4) is 0 Å². The summed E-state index contributed by atoms with van der Waals surface area (Å²) in [4.78, 5) is 0. The van der Waals surface area contributed by atoms with Crippen molar-refractivity contribution in [3.63, 3.8) is 0 Å². The Labute approximate surface area is 114 Å². The fraction of sp³-hybridized carbons (Fsp3) is 0.455. The Morgan fingerprint density at radius 1 is 1.31 bits per heavy atom. The lowest BCUT2D eigenvalue weighted by Crippen LogP contribution is -2.22. The molecule has 1 N–H and O–H groups in total. The molecule has 2 atom stereocenters. The number of thioether (sulfide) groups is 2. The zero-order valence-electron chi connectivity index (χ0n) is 8.53. The van der Waals surface area contributed by atoms with Crippen LogP contribution in [-0.2, 0) is 0 Å². The first-order chi connectivity index (χ1) is 7.70. The van der Waals surface area contributed by atoms with Gasteiger partial charge in [0.05, 0.1) is 16.1 Å². The van der Waals surface area contributed by atoms with Gasteiger partial charge in [-0.1, -0.05) is 35.3 Å². The molecule has 1 aromatic rings. The van der Waals surface area contributed by atoms with Crippen molar-refractivity contribution in [1.82, 2.24) is 0 Å². The van der Waals surface area contributed by atoms with Gasteiger partial charge in [-0.15, -0.1) is 0 Å². The van der Waals surface area contributed by atoms with Gasteiger partial charge in [0.1, 0.15) is 0 Å². The number of hydrogen-bond acceptors (Lipinski definition) is 3. The average Bonchev–Trinajstić information content (AvgIpc) is 2.33. The fourth-order valence-corrected chi connectivity index (χ4v) is 4.80. The van der Waals surface area contributed by atoms with Crippen LogP contribution in [0.1, 0.15) is 11.7 Å². The molecule has 0 aliphatic carbocycles. The molecule has 0 saturated carbocycles. The zero-order valence-corrected chi connectivity index (χ0v) is 11.7. The lowest BCUT2D eigenvalue weighted by molar-refractivity contribution is 0.180. The van der Waals surface area contributed by atoms with Crippen LogP contribution in [-0.4, -0.2) is 27.6 Å². The van der Waals surface area contributed by atoms with E-state index in [0.717, 1.165) is 22.8 Å². The second kappa shape index (κ2) is 5.87. The van der Waals surface area contributed by atoms with Gasteiger partial charge in [-0.2, -0.15) is 23.5 Å². The molecule has 0 aromatic heterocycles. The minimum absolute atomic E-state index is 0.217. The number of rotatable bonds is 2. The van der Waals surface area contributed by atoms with Crippen LogP contribution in [0.25, 0.3) is 0 Å². The fourth-order valence-electron chi connectivity index (χ4n) is 1.64. The Hall–Kier alpha value is 0.460. The molecular formula is C11H12Cl2OS2. The molecule has 2 rings (SSSR count). The van der Waals surface area contributed by atoms with Gasteiger partial charge < -0.3 is 5.11 Å². The monoisotopic (exact) mass is 294 g/mol. The summed E-state index contributed by atoms with van der Waals surface area (Å²) >= 11 is 15.7. The number of halogens is 2. The highest BCUT2D eigenvalue weighted by Gasteiger charge is 2.26. The Morgan fingerprint density at radius 2 is 2.12 bits per heavy atom. The highest BCUT2D eigenvalue weighted by molar-refractivity contribution is 8.06. The summed E-state index contributed by atoms with van der Waals surface area (Å²) in [6, 6.07) is 5.41. The van der Waals surface area contributed by atoms with Crippen LogP contribution in [0, 0.1) is 0 Å². The van der Waals surface area contributed by atoms with Crippen LogP contribution >= 0.6 is 46.7 Å². The average molecular weight is 295 g/mol. The van der Waals surface area contributed by atoms with Crippen LogP contribution in [0.4, 0.5) is 0 Å². The van der Waals surface area contributed by atoms with Crippen molar-refractivity contribution >= 4 is 46.7 Å². The predicted molar refractivity (Wildman–Crippen MR) is 75.0 cm³/mol. The number of aliphatic hydroxyl groups excluding tert-OH is 1. The summed E-state index contributed by atoms with van der Waals surface area (Å²) in [5.74, 6) is 3.22. The molecule has 1 aliphatic heterocycles. The molecule has 0 bridgehead atoms. The molecule has 1 aromatic carbocycles. The summed E-state index contributed by atoms with van der Waals surface area (Å²) in [7, 11) is 0. The molecule has 0 radical (unpaired) electrons. The lowest BCUT2D eigenvalue weighted by atomic mass is 10.1. The van der Waals surface area contributed by atoms with Crippen molar-refractivity contribution in [3.8, 4) is 0 Å². The first kappa shape index (κ1) is 12.9. The molecule has 88 valence electrons. The third-order valence-corrected chi connectivity index (χ3v) is 6.18. The number of aliphatic hydroxyl groups is 1. The molecule has 16 heavy (non-hydrogen) atoms. The predicted octanol–water partition coefficient (Wildman–Crippen LogP) is 3.88. The largest absolute Gasteiger partial charge is 0.387 e. The topological polar surface area (TPSA) is 20.2 Å². The maximum absolute atomic E-state index is 10.3. The molecule has 2 unspecified atom stereocenters. The van der Waals surface area contributed by atoms with E-state index in [4.69, 9.17) is 23.2 Å². The molecule has 1 nitrogen and oxygen atoms in total. The van der Waals surface area contributed by atoms with Crippen LogP contribution in [0.15, 0.2) is 18.2 Å². The summed E-state index contributed by atoms with van der Waals surface area (Å²) < 4.78 is 0. The number of hydrogen-bond donors (Lipinski definition) is 1. The Kier molecular flexibility index (Phi) is 4.74. The van der Waals surface area contributed by atoms with Crippen molar-refractivity contribution in [2.45, 2.75) is 11.4 Å². The van der Waals surface area contributed by atoms with Gasteiger partial charge >= 0.3 is 0 Å². The van der Waals surface area contributed by atoms with Gasteiger partial charge in [0.2, 0.25) is 0 Å². The molecule has 1 fully saturated rings. The summed E-state index contributed by atoms with van der Waals surface area (Å²) in [6.07, 6.45) is -0.524. The van der Waals surface area contributed by atoms with E-state index >= 15 is 0 Å².